The van der Waals surface area contributed by atoms with Crippen molar-refractivity contribution >= 4 is 10.0 Å². The van der Waals surface area contributed by atoms with Crippen molar-refractivity contribution in [2.24, 2.45) is 0 Å². The summed E-state index contributed by atoms with van der Waals surface area (Å²) >= 11 is 0. The third kappa shape index (κ3) is 5.32. The van der Waals surface area contributed by atoms with E-state index in [9.17, 15) is 13.5 Å². The van der Waals surface area contributed by atoms with Crippen molar-refractivity contribution < 1.29 is 18.3 Å². The molecule has 1 heterocycles. The fraction of sp³-hybridized carbons (Fsp3) is 0.429. The van der Waals surface area contributed by atoms with E-state index in [4.69, 9.17) is 4.74 Å². The van der Waals surface area contributed by atoms with Crippen LogP contribution in [0.1, 0.15) is 11.1 Å². The lowest BCUT2D eigenvalue weighted by Gasteiger charge is -2.34. The molecule has 0 spiro atoms. The van der Waals surface area contributed by atoms with E-state index in [1.54, 1.807) is 12.1 Å². The van der Waals surface area contributed by atoms with E-state index in [2.05, 4.69) is 4.90 Å². The molecule has 1 atom stereocenters. The molecule has 0 radical (unpaired) electrons. The van der Waals surface area contributed by atoms with E-state index in [-0.39, 0.29) is 6.61 Å². The molecule has 0 aliphatic carbocycles. The zero-order valence-electron chi connectivity index (χ0n) is 16.4. The molecule has 0 bridgehead atoms. The van der Waals surface area contributed by atoms with Crippen molar-refractivity contribution in [3.05, 3.63) is 59.7 Å². The Hall–Kier alpha value is -1.93. The summed E-state index contributed by atoms with van der Waals surface area (Å²) in [6, 6.07) is 14.7. The van der Waals surface area contributed by atoms with Crippen LogP contribution in [-0.4, -0.2) is 68.2 Å². The molecule has 1 unspecified atom stereocenters. The highest BCUT2D eigenvalue weighted by atomic mass is 32.2. The molecule has 2 aromatic rings. The number of sulfonamides is 1. The van der Waals surface area contributed by atoms with E-state index in [1.165, 1.54) is 4.31 Å². The lowest BCUT2D eigenvalue weighted by Crippen LogP contribution is -2.50. The Bertz CT molecular complexity index is 876. The predicted octanol–water partition coefficient (Wildman–Crippen LogP) is 2.05. The van der Waals surface area contributed by atoms with Crippen LogP contribution in [0.25, 0.3) is 0 Å². The first kappa shape index (κ1) is 20.8. The Balaban J connectivity index is 1.47. The average molecular weight is 405 g/mol. The molecule has 1 fully saturated rings. The van der Waals surface area contributed by atoms with Gasteiger partial charge in [0, 0.05) is 32.7 Å². The lowest BCUT2D eigenvalue weighted by atomic mass is 10.2. The average Bonchev–Trinajstić information content (AvgIpc) is 2.67. The number of aliphatic hydroxyl groups is 1. The highest BCUT2D eigenvalue weighted by molar-refractivity contribution is 7.89. The first-order valence-electron chi connectivity index (χ1n) is 9.51. The van der Waals surface area contributed by atoms with E-state index < -0.39 is 16.1 Å². The maximum Gasteiger partial charge on any atom is 0.243 e. The monoisotopic (exact) mass is 404 g/mol. The molecule has 1 saturated heterocycles. The summed E-state index contributed by atoms with van der Waals surface area (Å²) in [6.45, 7) is 6.62. The molecule has 7 heteroatoms. The van der Waals surface area contributed by atoms with Crippen LogP contribution in [0.15, 0.2) is 53.4 Å². The summed E-state index contributed by atoms with van der Waals surface area (Å²) < 4.78 is 32.7. The fourth-order valence-corrected chi connectivity index (χ4v) is 4.68. The zero-order valence-corrected chi connectivity index (χ0v) is 17.2. The van der Waals surface area contributed by atoms with Crippen LogP contribution in [0.5, 0.6) is 5.75 Å². The van der Waals surface area contributed by atoms with Crippen molar-refractivity contribution in [1.82, 2.24) is 9.21 Å². The van der Waals surface area contributed by atoms with Gasteiger partial charge in [-0.1, -0.05) is 29.8 Å². The van der Waals surface area contributed by atoms with Gasteiger partial charge in [0.15, 0.2) is 0 Å². The van der Waals surface area contributed by atoms with E-state index in [1.807, 2.05) is 50.2 Å². The van der Waals surface area contributed by atoms with Gasteiger partial charge in [0.05, 0.1) is 4.90 Å². The molecule has 28 heavy (non-hydrogen) atoms. The largest absolute Gasteiger partial charge is 0.491 e. The number of piperazine rings is 1. The van der Waals surface area contributed by atoms with E-state index >= 15 is 0 Å². The Morgan fingerprint density at radius 2 is 1.68 bits per heavy atom. The van der Waals surface area contributed by atoms with Gasteiger partial charge in [-0.15, -0.1) is 0 Å². The Morgan fingerprint density at radius 1 is 1.00 bits per heavy atom. The number of hydrogen-bond acceptors (Lipinski definition) is 5. The van der Waals surface area contributed by atoms with Crippen LogP contribution < -0.4 is 4.74 Å². The summed E-state index contributed by atoms with van der Waals surface area (Å²) in [4.78, 5) is 2.41. The molecular weight excluding hydrogens is 376 g/mol. The van der Waals surface area contributed by atoms with Crippen molar-refractivity contribution in [3.8, 4) is 5.75 Å². The number of benzene rings is 2. The van der Waals surface area contributed by atoms with Crippen LogP contribution in [0.4, 0.5) is 0 Å². The van der Waals surface area contributed by atoms with Gasteiger partial charge < -0.3 is 9.84 Å². The minimum Gasteiger partial charge on any atom is -0.491 e. The smallest absolute Gasteiger partial charge is 0.243 e. The quantitative estimate of drug-likeness (QED) is 0.765. The Labute approximate surface area is 167 Å². The summed E-state index contributed by atoms with van der Waals surface area (Å²) in [7, 11) is -3.46. The van der Waals surface area contributed by atoms with Crippen molar-refractivity contribution in [2.75, 3.05) is 39.3 Å². The highest BCUT2D eigenvalue weighted by Gasteiger charge is 2.29. The summed E-state index contributed by atoms with van der Waals surface area (Å²) in [6.07, 6.45) is -0.624. The molecule has 0 saturated carbocycles. The highest BCUT2D eigenvalue weighted by Crippen LogP contribution is 2.18. The topological polar surface area (TPSA) is 70.1 Å². The fourth-order valence-electron chi connectivity index (χ4n) is 3.26. The zero-order chi connectivity index (χ0) is 20.1. The standard InChI is InChI=1S/C21H28N2O4S/c1-17-6-8-21(9-7-17)28(25,26)23-12-10-22(11-13-23)15-19(24)16-27-20-5-3-4-18(2)14-20/h3-9,14,19,24H,10-13,15-16H2,1-2H3. The number of aliphatic hydroxyl groups excluding tert-OH is 1. The van der Waals surface area contributed by atoms with Gasteiger partial charge in [-0.2, -0.15) is 4.31 Å². The van der Waals surface area contributed by atoms with Gasteiger partial charge in [0.2, 0.25) is 10.0 Å². The molecule has 3 rings (SSSR count). The second-order valence-electron chi connectivity index (χ2n) is 7.30. The second-order valence-corrected chi connectivity index (χ2v) is 9.24. The molecule has 152 valence electrons. The maximum absolute atomic E-state index is 12.8. The predicted molar refractivity (Wildman–Crippen MR) is 109 cm³/mol. The third-order valence-corrected chi connectivity index (χ3v) is 6.80. The minimum atomic E-state index is -3.46. The lowest BCUT2D eigenvalue weighted by molar-refractivity contribution is 0.0569. The minimum absolute atomic E-state index is 0.214. The van der Waals surface area contributed by atoms with E-state index in [0.717, 1.165) is 16.9 Å². The van der Waals surface area contributed by atoms with Crippen molar-refractivity contribution in [3.63, 3.8) is 0 Å². The summed E-state index contributed by atoms with van der Waals surface area (Å²) in [5.74, 6) is 0.744. The number of nitrogens with zero attached hydrogens (tertiary/aromatic N) is 2. The number of ether oxygens (including phenoxy) is 1. The molecule has 0 aromatic heterocycles. The molecule has 0 amide bonds. The first-order valence-corrected chi connectivity index (χ1v) is 11.0. The molecule has 2 aromatic carbocycles. The van der Waals surface area contributed by atoms with Gasteiger partial charge >= 0.3 is 0 Å². The van der Waals surface area contributed by atoms with Gasteiger partial charge in [-0.25, -0.2) is 8.42 Å². The Morgan fingerprint density at radius 3 is 2.32 bits per heavy atom. The summed E-state index contributed by atoms with van der Waals surface area (Å²) in [5, 5.41) is 10.3. The van der Waals surface area contributed by atoms with Gasteiger partial charge in [0.25, 0.3) is 0 Å². The first-order chi connectivity index (χ1) is 13.3. The molecule has 1 aliphatic heterocycles. The van der Waals surface area contributed by atoms with Gasteiger partial charge in [-0.05, 0) is 43.7 Å². The maximum atomic E-state index is 12.8. The van der Waals surface area contributed by atoms with Crippen LogP contribution in [-0.2, 0) is 10.0 Å². The molecule has 1 aliphatic rings. The number of β-amino-alcohol motifs (C(OH)–C–C–N with tert-alkyl or cyclic N) is 1. The van der Waals surface area contributed by atoms with Crippen LogP contribution in [0, 0.1) is 13.8 Å². The number of aryl methyl sites for hydroxylation is 2. The van der Waals surface area contributed by atoms with Crippen molar-refractivity contribution in [2.45, 2.75) is 24.8 Å². The summed E-state index contributed by atoms with van der Waals surface area (Å²) in [5.41, 5.74) is 2.14. The van der Waals surface area contributed by atoms with Crippen LogP contribution >= 0.6 is 0 Å². The van der Waals surface area contributed by atoms with Crippen LogP contribution in [0.3, 0.4) is 0 Å². The molecular formula is C21H28N2O4S. The second kappa shape index (κ2) is 9.05. The Kier molecular flexibility index (Phi) is 6.72. The van der Waals surface area contributed by atoms with E-state index in [0.29, 0.717) is 37.6 Å². The van der Waals surface area contributed by atoms with Crippen molar-refractivity contribution in [1.29, 1.82) is 0 Å². The number of hydrogen-bond donors (Lipinski definition) is 1. The van der Waals surface area contributed by atoms with Crippen LogP contribution in [0.2, 0.25) is 0 Å². The normalized spacial score (nSPS) is 17.4. The molecule has 1 N–H and O–H groups in total. The van der Waals surface area contributed by atoms with Gasteiger partial charge in [-0.3, -0.25) is 4.90 Å². The molecule has 6 nitrogen and oxygen atoms in total. The number of rotatable bonds is 7. The third-order valence-electron chi connectivity index (χ3n) is 4.89. The van der Waals surface area contributed by atoms with Gasteiger partial charge in [0.1, 0.15) is 18.5 Å². The SMILES string of the molecule is Cc1ccc(S(=O)(=O)N2CCN(CC(O)COc3cccc(C)c3)CC2)cc1.